The smallest absolute Gasteiger partial charge is 0.255 e. The molecule has 0 N–H and O–H groups in total. The molecule has 0 unspecified atom stereocenters. The lowest BCUT2D eigenvalue weighted by Gasteiger charge is -2.43. The van der Waals surface area contributed by atoms with Crippen LogP contribution in [-0.2, 0) is 24.4 Å². The summed E-state index contributed by atoms with van der Waals surface area (Å²) in [5.41, 5.74) is 3.27. The van der Waals surface area contributed by atoms with Gasteiger partial charge in [0, 0.05) is 69.8 Å². The van der Waals surface area contributed by atoms with Gasteiger partial charge in [-0.2, -0.15) is 0 Å². The quantitative estimate of drug-likeness (QED) is 0.694. The molecule has 2 aliphatic rings. The van der Waals surface area contributed by atoms with E-state index < -0.39 is 0 Å². The van der Waals surface area contributed by atoms with Crippen molar-refractivity contribution in [3.05, 3.63) is 62.8 Å². The molecule has 0 aromatic carbocycles. The van der Waals surface area contributed by atoms with E-state index in [4.69, 9.17) is 16.3 Å². The molecule has 156 valence electrons. The molecule has 2 atom stereocenters. The van der Waals surface area contributed by atoms with Gasteiger partial charge in [0.05, 0.1) is 17.3 Å². The average molecular weight is 417 g/mol. The van der Waals surface area contributed by atoms with Crippen LogP contribution in [0.2, 0.25) is 5.02 Å². The Balaban J connectivity index is 1.48. The van der Waals surface area contributed by atoms with Gasteiger partial charge in [-0.25, -0.2) is 0 Å². The molecule has 0 aliphatic carbocycles. The molecule has 0 radical (unpaired) electrons. The number of pyridine rings is 2. The van der Waals surface area contributed by atoms with Crippen LogP contribution in [0.3, 0.4) is 0 Å². The van der Waals surface area contributed by atoms with E-state index >= 15 is 0 Å². The van der Waals surface area contributed by atoms with Crippen LogP contribution in [0.15, 0.2) is 35.3 Å². The maximum atomic E-state index is 13.1. The lowest BCUT2D eigenvalue weighted by atomic mass is 9.83. The lowest BCUT2D eigenvalue weighted by molar-refractivity contribution is 0.113. The molecule has 0 spiro atoms. The third-order valence-corrected chi connectivity index (χ3v) is 6.27. The van der Waals surface area contributed by atoms with Crippen molar-refractivity contribution in [1.82, 2.24) is 19.4 Å². The number of nitrogens with zero attached hydrogens (tertiary/aromatic N) is 4. The summed E-state index contributed by atoms with van der Waals surface area (Å²) < 4.78 is 7.18. The number of ether oxygens (including phenoxy) is 1. The molecule has 1 fully saturated rings. The Kier molecular flexibility index (Phi) is 6.35. The molecular formula is C22H29ClN4O2. The summed E-state index contributed by atoms with van der Waals surface area (Å²) in [7, 11) is 3.73. The standard InChI is InChI=1S/C22H29ClN4O2/c1-25(7-8-29-2)13-17-3-6-21-18-9-16(12-27(21)22(17)28)11-26(14-18)15-20-5-4-19(23)10-24-20/h3-6,10,16,18H,7-9,11-15H2,1-2H3/t16-,18+/m0/s1. The predicted octanol–water partition coefficient (Wildman–Crippen LogP) is 2.59. The Morgan fingerprint density at radius 1 is 1.24 bits per heavy atom. The highest BCUT2D eigenvalue weighted by Gasteiger charge is 2.35. The van der Waals surface area contributed by atoms with Crippen LogP contribution >= 0.6 is 11.6 Å². The van der Waals surface area contributed by atoms with Crippen molar-refractivity contribution in [3.63, 3.8) is 0 Å². The summed E-state index contributed by atoms with van der Waals surface area (Å²) in [6.45, 7) is 5.76. The zero-order chi connectivity index (χ0) is 20.4. The molecule has 4 heterocycles. The molecule has 0 saturated carbocycles. The number of halogens is 1. The van der Waals surface area contributed by atoms with Crippen LogP contribution < -0.4 is 5.56 Å². The Hall–Kier alpha value is -1.73. The van der Waals surface area contributed by atoms with Gasteiger partial charge in [-0.05, 0) is 37.6 Å². The van der Waals surface area contributed by atoms with Gasteiger partial charge in [0.2, 0.25) is 0 Å². The second-order valence-corrected chi connectivity index (χ2v) is 8.83. The minimum Gasteiger partial charge on any atom is -0.383 e. The Morgan fingerprint density at radius 2 is 2.10 bits per heavy atom. The zero-order valence-corrected chi connectivity index (χ0v) is 17.9. The molecule has 29 heavy (non-hydrogen) atoms. The fourth-order valence-corrected chi connectivity index (χ4v) is 4.80. The van der Waals surface area contributed by atoms with Crippen molar-refractivity contribution in [3.8, 4) is 0 Å². The monoisotopic (exact) mass is 416 g/mol. The third-order valence-electron chi connectivity index (χ3n) is 6.05. The highest BCUT2D eigenvalue weighted by molar-refractivity contribution is 6.30. The van der Waals surface area contributed by atoms with Crippen LogP contribution in [0.4, 0.5) is 0 Å². The van der Waals surface area contributed by atoms with Gasteiger partial charge in [-0.3, -0.25) is 19.6 Å². The number of likely N-dealkylation sites (N-methyl/N-ethyl adjacent to an activating group) is 1. The number of likely N-dealkylation sites (tertiary alicyclic amines) is 1. The summed E-state index contributed by atoms with van der Waals surface area (Å²) in [6.07, 6.45) is 2.87. The maximum absolute atomic E-state index is 13.1. The summed E-state index contributed by atoms with van der Waals surface area (Å²) in [5.74, 6) is 0.912. The van der Waals surface area contributed by atoms with Crippen molar-refractivity contribution < 1.29 is 4.74 Å². The molecule has 6 nitrogen and oxygen atoms in total. The van der Waals surface area contributed by atoms with E-state index in [0.717, 1.165) is 50.4 Å². The zero-order valence-electron chi connectivity index (χ0n) is 17.2. The fourth-order valence-electron chi connectivity index (χ4n) is 4.69. The van der Waals surface area contributed by atoms with Crippen molar-refractivity contribution in [2.75, 3.05) is 40.4 Å². The van der Waals surface area contributed by atoms with Gasteiger partial charge in [-0.1, -0.05) is 17.7 Å². The van der Waals surface area contributed by atoms with E-state index in [0.29, 0.717) is 30.0 Å². The van der Waals surface area contributed by atoms with E-state index in [-0.39, 0.29) is 5.56 Å². The van der Waals surface area contributed by atoms with Crippen molar-refractivity contribution >= 4 is 11.6 Å². The van der Waals surface area contributed by atoms with Crippen LogP contribution in [-0.4, -0.2) is 59.7 Å². The first-order chi connectivity index (χ1) is 14.0. The molecule has 2 aliphatic heterocycles. The van der Waals surface area contributed by atoms with Crippen LogP contribution in [0.1, 0.15) is 29.3 Å². The number of hydrogen-bond acceptors (Lipinski definition) is 5. The molecule has 2 bridgehead atoms. The van der Waals surface area contributed by atoms with E-state index in [1.54, 1.807) is 13.3 Å². The van der Waals surface area contributed by atoms with E-state index in [9.17, 15) is 4.79 Å². The van der Waals surface area contributed by atoms with Gasteiger partial charge < -0.3 is 9.30 Å². The Labute approximate surface area is 177 Å². The summed E-state index contributed by atoms with van der Waals surface area (Å²) in [4.78, 5) is 22.2. The second kappa shape index (κ2) is 8.96. The van der Waals surface area contributed by atoms with E-state index in [1.165, 1.54) is 5.69 Å². The normalized spacial score (nSPS) is 21.4. The minimum atomic E-state index is 0.175. The van der Waals surface area contributed by atoms with Crippen LogP contribution in [0.5, 0.6) is 0 Å². The van der Waals surface area contributed by atoms with Gasteiger partial charge in [0.1, 0.15) is 0 Å². The number of piperidine rings is 1. The molecule has 7 heteroatoms. The third kappa shape index (κ3) is 4.72. The van der Waals surface area contributed by atoms with Crippen LogP contribution in [0.25, 0.3) is 0 Å². The SMILES string of the molecule is COCCN(C)Cc1ccc2n(c1=O)C[C@H]1C[C@@H]2CN(Cc2ccc(Cl)cn2)C1. The second-order valence-electron chi connectivity index (χ2n) is 8.39. The number of hydrogen-bond donors (Lipinski definition) is 0. The van der Waals surface area contributed by atoms with Gasteiger partial charge in [-0.15, -0.1) is 0 Å². The highest BCUT2D eigenvalue weighted by Crippen LogP contribution is 2.35. The molecule has 4 rings (SSSR count). The van der Waals surface area contributed by atoms with Crippen molar-refractivity contribution in [2.45, 2.75) is 32.0 Å². The lowest BCUT2D eigenvalue weighted by Crippen LogP contribution is -2.47. The van der Waals surface area contributed by atoms with Crippen molar-refractivity contribution in [2.24, 2.45) is 5.92 Å². The average Bonchev–Trinajstić information content (AvgIpc) is 2.70. The minimum absolute atomic E-state index is 0.175. The summed E-state index contributed by atoms with van der Waals surface area (Å²) in [6, 6.07) is 8.09. The van der Waals surface area contributed by atoms with E-state index in [2.05, 4.69) is 20.9 Å². The van der Waals surface area contributed by atoms with Crippen LogP contribution in [0, 0.1) is 5.92 Å². The van der Waals surface area contributed by atoms with Gasteiger partial charge >= 0.3 is 0 Å². The van der Waals surface area contributed by atoms with Gasteiger partial charge in [0.15, 0.2) is 0 Å². The first-order valence-electron chi connectivity index (χ1n) is 10.3. The molecular weight excluding hydrogens is 388 g/mol. The maximum Gasteiger partial charge on any atom is 0.255 e. The first kappa shape index (κ1) is 20.5. The number of rotatable bonds is 7. The topological polar surface area (TPSA) is 50.6 Å². The Bertz CT molecular complexity index is 899. The largest absolute Gasteiger partial charge is 0.383 e. The summed E-state index contributed by atoms with van der Waals surface area (Å²) >= 11 is 5.95. The molecule has 1 saturated heterocycles. The fraction of sp³-hybridized carbons (Fsp3) is 0.545. The van der Waals surface area contributed by atoms with E-state index in [1.807, 2.05) is 29.8 Å². The first-order valence-corrected chi connectivity index (χ1v) is 10.6. The number of aromatic nitrogens is 2. The summed E-state index contributed by atoms with van der Waals surface area (Å²) in [5, 5.41) is 0.668. The molecule has 2 aromatic rings. The highest BCUT2D eigenvalue weighted by atomic mass is 35.5. The molecule has 2 aromatic heterocycles. The number of fused-ring (bicyclic) bond motifs is 4. The predicted molar refractivity (Wildman–Crippen MR) is 114 cm³/mol. The number of methoxy groups -OCH3 is 1. The van der Waals surface area contributed by atoms with Crippen molar-refractivity contribution in [1.29, 1.82) is 0 Å². The molecule has 0 amide bonds. The van der Waals surface area contributed by atoms with Gasteiger partial charge in [0.25, 0.3) is 5.56 Å². The Morgan fingerprint density at radius 3 is 2.86 bits per heavy atom.